The molecule has 1 heterocycles. The van der Waals surface area contributed by atoms with E-state index in [1.165, 1.54) is 12.1 Å². The van der Waals surface area contributed by atoms with Crippen molar-refractivity contribution in [2.45, 2.75) is 13.3 Å². The molecule has 1 aliphatic heterocycles. The van der Waals surface area contributed by atoms with Crippen LogP contribution in [0.5, 0.6) is 0 Å². The Kier molecular flexibility index (Phi) is 4.38. The molecule has 0 radical (unpaired) electrons. The minimum atomic E-state index is -0.522. The van der Waals surface area contributed by atoms with E-state index < -0.39 is 4.92 Å². The fraction of sp³-hybridized carbons (Fsp3) is 0.429. The molecule has 2 rings (SSSR count). The van der Waals surface area contributed by atoms with Crippen molar-refractivity contribution in [2.24, 2.45) is 5.92 Å². The second kappa shape index (κ2) is 6.22. The number of hydrogen-bond donors (Lipinski definition) is 1. The van der Waals surface area contributed by atoms with Gasteiger partial charge in [0.2, 0.25) is 5.91 Å². The number of carbonyl (C=O) groups excluding carboxylic acids is 1. The van der Waals surface area contributed by atoms with Gasteiger partial charge in [-0.15, -0.1) is 0 Å². The molecule has 0 saturated carbocycles. The number of anilines is 1. The number of likely N-dealkylation sites (tertiary alicyclic amines) is 1. The van der Waals surface area contributed by atoms with Gasteiger partial charge in [-0.3, -0.25) is 14.9 Å². The third kappa shape index (κ3) is 3.48. The number of nitro benzene ring substituents is 1. The van der Waals surface area contributed by atoms with E-state index in [1.807, 2.05) is 6.07 Å². The smallest absolute Gasteiger partial charge is 0.270 e. The molecule has 110 valence electrons. The summed E-state index contributed by atoms with van der Waals surface area (Å²) in [6.07, 6.45) is 0.918. The zero-order valence-electron chi connectivity index (χ0n) is 11.7. The van der Waals surface area contributed by atoms with Crippen molar-refractivity contribution in [3.8, 4) is 6.07 Å². The summed E-state index contributed by atoms with van der Waals surface area (Å²) in [4.78, 5) is 23.2. The lowest BCUT2D eigenvalue weighted by Gasteiger charge is -2.15. The third-order valence-corrected chi connectivity index (χ3v) is 3.65. The Morgan fingerprint density at radius 3 is 2.95 bits per heavy atom. The van der Waals surface area contributed by atoms with Crippen LogP contribution in [-0.4, -0.2) is 35.4 Å². The van der Waals surface area contributed by atoms with Crippen LogP contribution in [0.15, 0.2) is 18.2 Å². The largest absolute Gasteiger partial charge is 0.384 e. The monoisotopic (exact) mass is 288 g/mol. The normalized spacial score (nSPS) is 17.3. The van der Waals surface area contributed by atoms with Gasteiger partial charge >= 0.3 is 0 Å². The average molecular weight is 288 g/mol. The number of nitrogens with one attached hydrogen (secondary N) is 1. The molecule has 0 aliphatic carbocycles. The molecule has 7 heteroatoms. The molecule has 1 N–H and O–H groups in total. The molecule has 1 aliphatic rings. The maximum atomic E-state index is 11.3. The molecule has 21 heavy (non-hydrogen) atoms. The van der Waals surface area contributed by atoms with Crippen molar-refractivity contribution in [2.75, 3.05) is 25.0 Å². The summed E-state index contributed by atoms with van der Waals surface area (Å²) >= 11 is 0. The predicted octanol–water partition coefficient (Wildman–Crippen LogP) is 1.75. The first-order valence-electron chi connectivity index (χ1n) is 6.69. The zero-order chi connectivity index (χ0) is 15.4. The number of carbonyl (C=O) groups is 1. The number of non-ortho nitro benzene ring substituents is 1. The highest BCUT2D eigenvalue weighted by Crippen LogP contribution is 2.23. The van der Waals surface area contributed by atoms with Crippen LogP contribution >= 0.6 is 0 Å². The Labute approximate surface area is 122 Å². The molecule has 0 bridgehead atoms. The van der Waals surface area contributed by atoms with Gasteiger partial charge in [0.1, 0.15) is 6.07 Å². The van der Waals surface area contributed by atoms with E-state index in [0.29, 0.717) is 24.7 Å². The van der Waals surface area contributed by atoms with Crippen molar-refractivity contribution in [1.29, 1.82) is 5.26 Å². The maximum absolute atomic E-state index is 11.3. The van der Waals surface area contributed by atoms with Crippen LogP contribution in [0.4, 0.5) is 11.4 Å². The van der Waals surface area contributed by atoms with Gasteiger partial charge in [0.15, 0.2) is 0 Å². The molecule has 0 unspecified atom stereocenters. The average Bonchev–Trinajstić information content (AvgIpc) is 2.93. The lowest BCUT2D eigenvalue weighted by atomic mass is 10.1. The number of nitrogens with zero attached hydrogens (tertiary/aromatic N) is 3. The molecule has 1 aromatic rings. The van der Waals surface area contributed by atoms with E-state index in [2.05, 4.69) is 5.32 Å². The molecule has 1 saturated heterocycles. The van der Waals surface area contributed by atoms with E-state index >= 15 is 0 Å². The van der Waals surface area contributed by atoms with Gasteiger partial charge in [-0.2, -0.15) is 5.26 Å². The van der Waals surface area contributed by atoms with Crippen LogP contribution < -0.4 is 5.32 Å². The fourth-order valence-corrected chi connectivity index (χ4v) is 2.43. The van der Waals surface area contributed by atoms with Crippen LogP contribution in [0.25, 0.3) is 0 Å². The quantitative estimate of drug-likeness (QED) is 0.672. The number of rotatable bonds is 4. The van der Waals surface area contributed by atoms with Gasteiger partial charge in [-0.25, -0.2) is 0 Å². The molecule has 1 atom stereocenters. The first-order chi connectivity index (χ1) is 10.0. The molecular weight excluding hydrogens is 272 g/mol. The first-order valence-corrected chi connectivity index (χ1v) is 6.69. The van der Waals surface area contributed by atoms with Crippen LogP contribution in [0, 0.1) is 27.4 Å². The Bertz CT molecular complexity index is 609. The highest BCUT2D eigenvalue weighted by Gasteiger charge is 2.24. The van der Waals surface area contributed by atoms with E-state index in [4.69, 9.17) is 5.26 Å². The van der Waals surface area contributed by atoms with Gasteiger partial charge in [0.05, 0.1) is 16.2 Å². The highest BCUT2D eigenvalue weighted by atomic mass is 16.6. The van der Waals surface area contributed by atoms with Gasteiger partial charge in [0.25, 0.3) is 5.69 Å². The van der Waals surface area contributed by atoms with Crippen molar-refractivity contribution in [3.63, 3.8) is 0 Å². The molecule has 1 fully saturated rings. The lowest BCUT2D eigenvalue weighted by Crippen LogP contribution is -2.27. The number of hydrogen-bond acceptors (Lipinski definition) is 5. The first kappa shape index (κ1) is 14.8. The Hall–Kier alpha value is -2.62. The van der Waals surface area contributed by atoms with Crippen LogP contribution in [0.3, 0.4) is 0 Å². The Morgan fingerprint density at radius 1 is 1.62 bits per heavy atom. The summed E-state index contributed by atoms with van der Waals surface area (Å²) < 4.78 is 0. The van der Waals surface area contributed by atoms with Crippen molar-refractivity contribution in [1.82, 2.24) is 4.90 Å². The number of amides is 1. The predicted molar refractivity (Wildman–Crippen MR) is 76.7 cm³/mol. The summed E-state index contributed by atoms with van der Waals surface area (Å²) in [5.74, 6) is 0.404. The number of nitriles is 1. The number of benzene rings is 1. The SMILES string of the molecule is CC(=O)N1CC[C@H](CNc2ccc([N+](=O)[O-])cc2C#N)C1. The van der Waals surface area contributed by atoms with Gasteiger partial charge in [-0.1, -0.05) is 0 Å². The van der Waals surface area contributed by atoms with Gasteiger partial charge < -0.3 is 10.2 Å². The van der Waals surface area contributed by atoms with Crippen molar-refractivity contribution < 1.29 is 9.72 Å². The fourth-order valence-electron chi connectivity index (χ4n) is 2.43. The van der Waals surface area contributed by atoms with Gasteiger partial charge in [-0.05, 0) is 18.4 Å². The summed E-state index contributed by atoms with van der Waals surface area (Å²) in [6, 6.07) is 6.15. The van der Waals surface area contributed by atoms with Gasteiger partial charge in [0, 0.05) is 38.7 Å². The van der Waals surface area contributed by atoms with Crippen LogP contribution in [0.2, 0.25) is 0 Å². The van der Waals surface area contributed by atoms with E-state index in [0.717, 1.165) is 13.0 Å². The molecular formula is C14H16N4O3. The lowest BCUT2D eigenvalue weighted by molar-refractivity contribution is -0.384. The van der Waals surface area contributed by atoms with Crippen molar-refractivity contribution in [3.05, 3.63) is 33.9 Å². The Balaban J connectivity index is 1.99. The molecule has 0 aromatic heterocycles. The van der Waals surface area contributed by atoms with Crippen molar-refractivity contribution >= 4 is 17.3 Å². The second-order valence-corrected chi connectivity index (χ2v) is 5.10. The maximum Gasteiger partial charge on any atom is 0.270 e. The van der Waals surface area contributed by atoms with E-state index in [9.17, 15) is 14.9 Å². The summed E-state index contributed by atoms with van der Waals surface area (Å²) in [6.45, 7) is 3.65. The molecule has 1 amide bonds. The minimum Gasteiger partial charge on any atom is -0.384 e. The Morgan fingerprint density at radius 2 is 2.38 bits per heavy atom. The standard InChI is InChI=1S/C14H16N4O3/c1-10(19)17-5-4-11(9-17)8-16-14-3-2-13(18(20)21)6-12(14)7-15/h2-3,6,11,16H,4-5,8-9H2,1H3/t11-/m1/s1. The summed E-state index contributed by atoms with van der Waals surface area (Å²) in [5.41, 5.74) is 0.746. The third-order valence-electron chi connectivity index (χ3n) is 3.65. The van der Waals surface area contributed by atoms with E-state index in [-0.39, 0.29) is 17.2 Å². The zero-order valence-corrected chi connectivity index (χ0v) is 11.7. The highest BCUT2D eigenvalue weighted by molar-refractivity contribution is 5.73. The second-order valence-electron chi connectivity index (χ2n) is 5.10. The summed E-state index contributed by atoms with van der Waals surface area (Å²) in [5, 5.41) is 22.9. The molecule has 1 aromatic carbocycles. The van der Waals surface area contributed by atoms with Crippen LogP contribution in [-0.2, 0) is 4.79 Å². The summed E-state index contributed by atoms with van der Waals surface area (Å²) in [7, 11) is 0. The minimum absolute atomic E-state index is 0.0746. The van der Waals surface area contributed by atoms with E-state index in [1.54, 1.807) is 17.9 Å². The molecule has 0 spiro atoms. The topological polar surface area (TPSA) is 99.3 Å². The number of nitro groups is 1. The molecule has 7 nitrogen and oxygen atoms in total. The van der Waals surface area contributed by atoms with Crippen LogP contribution in [0.1, 0.15) is 18.9 Å².